The largest absolute Gasteiger partial charge is 0.374 e. The van der Waals surface area contributed by atoms with Crippen molar-refractivity contribution in [1.82, 2.24) is 0 Å². The zero-order valence-electron chi connectivity index (χ0n) is 11.6. The monoisotopic (exact) mass is 304 g/mol. The smallest absolute Gasteiger partial charge is 0.0779 e. The van der Waals surface area contributed by atoms with Crippen molar-refractivity contribution in [3.8, 4) is 0 Å². The van der Waals surface area contributed by atoms with Gasteiger partial charge in [-0.15, -0.1) is 0 Å². The number of unbranched alkanes of at least 4 members (excludes halogenated alkanes) is 4. The molecule has 1 nitrogen and oxygen atoms in total. The zero-order chi connectivity index (χ0) is 12.6. The Labute approximate surface area is 116 Å². The van der Waals surface area contributed by atoms with E-state index in [1.807, 2.05) is 0 Å². The minimum Gasteiger partial charge on any atom is -0.374 e. The topological polar surface area (TPSA) is 9.23 Å². The average molecular weight is 305 g/mol. The second-order valence-corrected chi connectivity index (χ2v) is 6.32. The standard InChI is InChI=1S/C15H29BrO/c1-3-4-5-6-7-12-17-15(13-16)10-8-14(2)9-11-15/h14H,3-13H2,1-2H3. The highest BCUT2D eigenvalue weighted by Gasteiger charge is 2.33. The van der Waals surface area contributed by atoms with E-state index in [2.05, 4.69) is 29.8 Å². The number of ether oxygens (including phenoxy) is 1. The number of hydrogen-bond acceptors (Lipinski definition) is 1. The van der Waals surface area contributed by atoms with Gasteiger partial charge in [0.1, 0.15) is 0 Å². The molecule has 1 rings (SSSR count). The van der Waals surface area contributed by atoms with Gasteiger partial charge >= 0.3 is 0 Å². The van der Waals surface area contributed by atoms with Gasteiger partial charge in [-0.1, -0.05) is 55.5 Å². The van der Waals surface area contributed by atoms with Crippen LogP contribution in [0.4, 0.5) is 0 Å². The van der Waals surface area contributed by atoms with Gasteiger partial charge in [0, 0.05) is 11.9 Å². The minimum absolute atomic E-state index is 0.164. The summed E-state index contributed by atoms with van der Waals surface area (Å²) in [5.41, 5.74) is 0.164. The van der Waals surface area contributed by atoms with E-state index in [4.69, 9.17) is 4.74 Å². The van der Waals surface area contributed by atoms with Crippen LogP contribution in [0.15, 0.2) is 0 Å². The molecular weight excluding hydrogens is 276 g/mol. The maximum atomic E-state index is 6.20. The highest BCUT2D eigenvalue weighted by molar-refractivity contribution is 9.09. The summed E-state index contributed by atoms with van der Waals surface area (Å²) in [6.07, 6.45) is 11.8. The number of rotatable bonds is 8. The van der Waals surface area contributed by atoms with Gasteiger partial charge in [0.05, 0.1) is 5.60 Å². The van der Waals surface area contributed by atoms with Crippen LogP contribution in [0, 0.1) is 5.92 Å². The van der Waals surface area contributed by atoms with Crippen LogP contribution < -0.4 is 0 Å². The van der Waals surface area contributed by atoms with E-state index in [0.717, 1.165) is 17.9 Å². The SMILES string of the molecule is CCCCCCCOC1(CBr)CCC(C)CC1. The molecule has 1 aliphatic carbocycles. The Kier molecular flexibility index (Phi) is 7.77. The van der Waals surface area contributed by atoms with Crippen molar-refractivity contribution < 1.29 is 4.74 Å². The van der Waals surface area contributed by atoms with Crippen LogP contribution in [-0.2, 0) is 4.74 Å². The minimum atomic E-state index is 0.164. The van der Waals surface area contributed by atoms with Crippen molar-refractivity contribution in [3.05, 3.63) is 0 Å². The molecule has 0 atom stereocenters. The Balaban J connectivity index is 2.14. The van der Waals surface area contributed by atoms with Gasteiger partial charge in [0.15, 0.2) is 0 Å². The van der Waals surface area contributed by atoms with Crippen LogP contribution in [0.25, 0.3) is 0 Å². The number of halogens is 1. The molecular formula is C15H29BrO. The molecule has 2 heteroatoms. The highest BCUT2D eigenvalue weighted by atomic mass is 79.9. The van der Waals surface area contributed by atoms with Gasteiger partial charge in [-0.3, -0.25) is 0 Å². The average Bonchev–Trinajstić information content (AvgIpc) is 2.36. The summed E-state index contributed by atoms with van der Waals surface area (Å²) >= 11 is 3.66. The lowest BCUT2D eigenvalue weighted by atomic mass is 9.80. The van der Waals surface area contributed by atoms with Crippen LogP contribution in [0.3, 0.4) is 0 Å². The van der Waals surface area contributed by atoms with Gasteiger partial charge in [-0.25, -0.2) is 0 Å². The lowest BCUT2D eigenvalue weighted by molar-refractivity contribution is -0.0599. The van der Waals surface area contributed by atoms with Crippen molar-refractivity contribution in [2.45, 2.75) is 77.2 Å². The van der Waals surface area contributed by atoms with E-state index in [0.29, 0.717) is 0 Å². The molecule has 102 valence electrons. The fraction of sp³-hybridized carbons (Fsp3) is 1.00. The molecule has 0 aromatic carbocycles. The predicted molar refractivity (Wildman–Crippen MR) is 78.9 cm³/mol. The molecule has 17 heavy (non-hydrogen) atoms. The van der Waals surface area contributed by atoms with E-state index < -0.39 is 0 Å². The Hall–Kier alpha value is 0.440. The maximum absolute atomic E-state index is 6.20. The molecule has 0 spiro atoms. The highest BCUT2D eigenvalue weighted by Crippen LogP contribution is 2.36. The first-order valence-electron chi connectivity index (χ1n) is 7.42. The Bertz CT molecular complexity index is 185. The first-order valence-corrected chi connectivity index (χ1v) is 8.54. The van der Waals surface area contributed by atoms with Crippen LogP contribution >= 0.6 is 15.9 Å². The summed E-state index contributed by atoms with van der Waals surface area (Å²) in [4.78, 5) is 0. The molecule has 0 saturated heterocycles. The summed E-state index contributed by atoms with van der Waals surface area (Å²) < 4.78 is 6.20. The van der Waals surface area contributed by atoms with Crippen LogP contribution in [0.1, 0.15) is 71.6 Å². The van der Waals surface area contributed by atoms with Crippen molar-refractivity contribution in [3.63, 3.8) is 0 Å². The van der Waals surface area contributed by atoms with E-state index >= 15 is 0 Å². The van der Waals surface area contributed by atoms with Gasteiger partial charge in [0.25, 0.3) is 0 Å². The lowest BCUT2D eigenvalue weighted by Gasteiger charge is -2.38. The summed E-state index contributed by atoms with van der Waals surface area (Å²) in [5.74, 6) is 0.898. The van der Waals surface area contributed by atoms with Gasteiger partial charge in [0.2, 0.25) is 0 Å². The first-order chi connectivity index (χ1) is 8.22. The van der Waals surface area contributed by atoms with E-state index in [-0.39, 0.29) is 5.60 Å². The molecule has 0 aromatic rings. The van der Waals surface area contributed by atoms with Crippen molar-refractivity contribution in [1.29, 1.82) is 0 Å². The molecule has 0 radical (unpaired) electrons. The summed E-state index contributed by atoms with van der Waals surface area (Å²) in [6, 6.07) is 0. The molecule has 0 heterocycles. The van der Waals surface area contributed by atoms with Crippen molar-refractivity contribution in [2.24, 2.45) is 5.92 Å². The molecule has 0 aromatic heterocycles. The second-order valence-electron chi connectivity index (χ2n) is 5.76. The number of hydrogen-bond donors (Lipinski definition) is 0. The quantitative estimate of drug-likeness (QED) is 0.436. The van der Waals surface area contributed by atoms with Gasteiger partial charge in [-0.2, -0.15) is 0 Å². The van der Waals surface area contributed by atoms with Gasteiger partial charge < -0.3 is 4.74 Å². The molecule has 1 aliphatic rings. The third-order valence-electron chi connectivity index (χ3n) is 4.09. The van der Waals surface area contributed by atoms with Crippen LogP contribution in [0.5, 0.6) is 0 Å². The molecule has 0 aliphatic heterocycles. The molecule has 0 unspecified atom stereocenters. The van der Waals surface area contributed by atoms with Crippen LogP contribution in [-0.4, -0.2) is 17.5 Å². The maximum Gasteiger partial charge on any atom is 0.0779 e. The fourth-order valence-electron chi connectivity index (χ4n) is 2.60. The zero-order valence-corrected chi connectivity index (χ0v) is 13.2. The van der Waals surface area contributed by atoms with E-state index in [1.54, 1.807) is 0 Å². The second kappa shape index (κ2) is 8.53. The fourth-order valence-corrected chi connectivity index (χ4v) is 3.32. The summed E-state index contributed by atoms with van der Waals surface area (Å²) in [5, 5.41) is 1.02. The van der Waals surface area contributed by atoms with E-state index in [1.165, 1.54) is 57.8 Å². The Morgan fingerprint density at radius 2 is 1.76 bits per heavy atom. The summed E-state index contributed by atoms with van der Waals surface area (Å²) in [7, 11) is 0. The summed E-state index contributed by atoms with van der Waals surface area (Å²) in [6.45, 7) is 5.59. The van der Waals surface area contributed by atoms with E-state index in [9.17, 15) is 0 Å². The molecule has 0 N–H and O–H groups in total. The Morgan fingerprint density at radius 3 is 2.35 bits per heavy atom. The normalized spacial score (nSPS) is 29.5. The predicted octanol–water partition coefficient (Wildman–Crippen LogP) is 5.32. The van der Waals surface area contributed by atoms with Crippen molar-refractivity contribution >= 4 is 15.9 Å². The lowest BCUT2D eigenvalue weighted by Crippen LogP contribution is -2.38. The van der Waals surface area contributed by atoms with Gasteiger partial charge in [-0.05, 0) is 38.0 Å². The molecule has 1 saturated carbocycles. The third-order valence-corrected chi connectivity index (χ3v) is 5.11. The first kappa shape index (κ1) is 15.5. The molecule has 0 bridgehead atoms. The van der Waals surface area contributed by atoms with Crippen LogP contribution in [0.2, 0.25) is 0 Å². The molecule has 0 amide bonds. The third kappa shape index (κ3) is 5.74. The Morgan fingerprint density at radius 1 is 1.12 bits per heavy atom. The molecule has 1 fully saturated rings. The number of alkyl halides is 1. The van der Waals surface area contributed by atoms with Crippen molar-refractivity contribution in [2.75, 3.05) is 11.9 Å².